The molecule has 0 saturated carbocycles. The van der Waals surface area contributed by atoms with Crippen LogP contribution < -0.4 is 0 Å². The monoisotopic (exact) mass is 268 g/mol. The van der Waals surface area contributed by atoms with Crippen LogP contribution in [0, 0.1) is 11.3 Å². The molecule has 0 aromatic carbocycles. The summed E-state index contributed by atoms with van der Waals surface area (Å²) in [6.07, 6.45) is 11.4. The van der Waals surface area contributed by atoms with E-state index in [0.29, 0.717) is 11.2 Å². The average Bonchev–Trinajstić information content (AvgIpc) is 2.26. The minimum absolute atomic E-state index is 0.445. The molecular weight excluding hydrogens is 232 g/mol. The lowest BCUT2D eigenvalue weighted by atomic mass is 9.89. The van der Waals surface area contributed by atoms with Crippen LogP contribution in [0.3, 0.4) is 0 Å². The van der Waals surface area contributed by atoms with Crippen molar-refractivity contribution in [2.45, 2.75) is 98.8 Å². The third-order valence-electron chi connectivity index (χ3n) is 3.62. The van der Waals surface area contributed by atoms with E-state index in [0.717, 1.165) is 31.6 Å². The number of carbonyl (C=O) groups excluding carboxylic acids is 1. The quantitative estimate of drug-likeness (QED) is 0.410. The van der Waals surface area contributed by atoms with Crippen molar-refractivity contribution in [1.29, 1.82) is 0 Å². The van der Waals surface area contributed by atoms with E-state index in [1.165, 1.54) is 38.5 Å². The Kier molecular flexibility index (Phi) is 10.3. The van der Waals surface area contributed by atoms with Gasteiger partial charge in [0.1, 0.15) is 5.78 Å². The van der Waals surface area contributed by atoms with Gasteiger partial charge in [-0.15, -0.1) is 0 Å². The fourth-order valence-electron chi connectivity index (χ4n) is 2.33. The Labute approximate surface area is 121 Å². The van der Waals surface area contributed by atoms with Crippen molar-refractivity contribution < 1.29 is 4.79 Å². The molecule has 0 bridgehead atoms. The summed E-state index contributed by atoms with van der Waals surface area (Å²) in [6.45, 7) is 11.4. The van der Waals surface area contributed by atoms with Gasteiger partial charge in [0, 0.05) is 12.8 Å². The predicted molar refractivity (Wildman–Crippen MR) is 85.5 cm³/mol. The van der Waals surface area contributed by atoms with Crippen molar-refractivity contribution in [2.24, 2.45) is 11.3 Å². The highest BCUT2D eigenvalue weighted by molar-refractivity contribution is 5.78. The summed E-state index contributed by atoms with van der Waals surface area (Å²) in [5, 5.41) is 0. The molecule has 0 rings (SSSR count). The molecular formula is C18H36O. The van der Waals surface area contributed by atoms with E-state index >= 15 is 0 Å². The Morgan fingerprint density at radius 2 is 1.37 bits per heavy atom. The molecule has 114 valence electrons. The van der Waals surface area contributed by atoms with Crippen molar-refractivity contribution in [3.8, 4) is 0 Å². The third-order valence-corrected chi connectivity index (χ3v) is 3.62. The second-order valence-electron chi connectivity index (χ2n) is 7.65. The van der Waals surface area contributed by atoms with Gasteiger partial charge in [0.15, 0.2) is 0 Å². The van der Waals surface area contributed by atoms with Crippen LogP contribution in [-0.2, 0) is 4.79 Å². The predicted octanol–water partition coefficient (Wildman–Crippen LogP) is 6.16. The van der Waals surface area contributed by atoms with Gasteiger partial charge in [-0.3, -0.25) is 4.79 Å². The molecule has 0 heterocycles. The smallest absolute Gasteiger partial charge is 0.132 e. The molecule has 1 nitrogen and oxygen atoms in total. The van der Waals surface area contributed by atoms with Crippen LogP contribution in [0.15, 0.2) is 0 Å². The summed E-state index contributed by atoms with van der Waals surface area (Å²) in [6, 6.07) is 0. The lowest BCUT2D eigenvalue weighted by Crippen LogP contribution is -2.04. The topological polar surface area (TPSA) is 17.1 Å². The average molecular weight is 268 g/mol. The minimum Gasteiger partial charge on any atom is -0.300 e. The van der Waals surface area contributed by atoms with Crippen LogP contribution in [0.4, 0.5) is 0 Å². The van der Waals surface area contributed by atoms with E-state index in [2.05, 4.69) is 34.6 Å². The first-order valence-electron chi connectivity index (χ1n) is 8.33. The molecule has 0 aromatic rings. The first-order valence-corrected chi connectivity index (χ1v) is 8.33. The number of hydrogen-bond acceptors (Lipinski definition) is 1. The zero-order valence-electron chi connectivity index (χ0n) is 14.1. The normalized spacial score (nSPS) is 12.1. The van der Waals surface area contributed by atoms with Gasteiger partial charge in [-0.1, -0.05) is 66.7 Å². The van der Waals surface area contributed by atoms with Crippen molar-refractivity contribution >= 4 is 5.78 Å². The molecule has 0 radical (unpaired) electrons. The highest BCUT2D eigenvalue weighted by Gasteiger charge is 2.09. The van der Waals surface area contributed by atoms with Gasteiger partial charge < -0.3 is 0 Å². The van der Waals surface area contributed by atoms with Gasteiger partial charge in [0.25, 0.3) is 0 Å². The number of unbranched alkanes of at least 4 members (excludes halogenated alkanes) is 4. The van der Waals surface area contributed by atoms with Gasteiger partial charge in [-0.2, -0.15) is 0 Å². The van der Waals surface area contributed by atoms with E-state index in [9.17, 15) is 4.79 Å². The summed E-state index contributed by atoms with van der Waals surface area (Å²) >= 11 is 0. The number of carbonyl (C=O) groups is 1. The van der Waals surface area contributed by atoms with Crippen LogP contribution in [0.5, 0.6) is 0 Å². The zero-order chi connectivity index (χ0) is 14.7. The highest BCUT2D eigenvalue weighted by atomic mass is 16.1. The van der Waals surface area contributed by atoms with Gasteiger partial charge in [-0.25, -0.2) is 0 Å². The van der Waals surface area contributed by atoms with E-state index < -0.39 is 0 Å². The van der Waals surface area contributed by atoms with Gasteiger partial charge in [0.05, 0.1) is 0 Å². The van der Waals surface area contributed by atoms with Crippen molar-refractivity contribution in [3.05, 3.63) is 0 Å². The number of hydrogen-bond donors (Lipinski definition) is 0. The minimum atomic E-state index is 0.445. The molecule has 1 heteroatoms. The largest absolute Gasteiger partial charge is 0.300 e. The SMILES string of the molecule is CC(C)CCCCCC(=O)CCCCCC(C)(C)C. The standard InChI is InChI=1S/C18H36O/c1-16(2)12-8-6-9-13-17(19)14-10-7-11-15-18(3,4)5/h16H,6-15H2,1-5H3. The fourth-order valence-corrected chi connectivity index (χ4v) is 2.33. The Morgan fingerprint density at radius 3 is 1.84 bits per heavy atom. The number of Topliss-reactive ketones (excluding diaryl/α,β-unsaturated/α-hetero) is 1. The van der Waals surface area contributed by atoms with E-state index in [1.807, 2.05) is 0 Å². The Balaban J connectivity index is 3.31. The summed E-state index contributed by atoms with van der Waals surface area (Å²) in [5.41, 5.74) is 0.445. The molecule has 0 aliphatic rings. The van der Waals surface area contributed by atoms with Crippen LogP contribution in [0.2, 0.25) is 0 Å². The first-order chi connectivity index (χ1) is 8.81. The van der Waals surface area contributed by atoms with Gasteiger partial charge in [0.2, 0.25) is 0 Å². The maximum absolute atomic E-state index is 11.7. The van der Waals surface area contributed by atoms with Crippen LogP contribution in [-0.4, -0.2) is 5.78 Å². The van der Waals surface area contributed by atoms with E-state index in [4.69, 9.17) is 0 Å². The molecule has 0 aromatic heterocycles. The van der Waals surface area contributed by atoms with E-state index in [-0.39, 0.29) is 0 Å². The van der Waals surface area contributed by atoms with Crippen molar-refractivity contribution in [1.82, 2.24) is 0 Å². The number of ketones is 1. The molecule has 0 aliphatic carbocycles. The third kappa shape index (κ3) is 15.6. The Hall–Kier alpha value is -0.330. The lowest BCUT2D eigenvalue weighted by Gasteiger charge is -2.17. The Morgan fingerprint density at radius 1 is 0.842 bits per heavy atom. The molecule has 0 atom stereocenters. The zero-order valence-corrected chi connectivity index (χ0v) is 14.1. The van der Waals surface area contributed by atoms with Gasteiger partial charge >= 0.3 is 0 Å². The molecule has 0 amide bonds. The Bertz CT molecular complexity index is 222. The molecule has 0 N–H and O–H groups in total. The fraction of sp³-hybridized carbons (Fsp3) is 0.944. The molecule has 19 heavy (non-hydrogen) atoms. The van der Waals surface area contributed by atoms with Crippen LogP contribution >= 0.6 is 0 Å². The second-order valence-corrected chi connectivity index (χ2v) is 7.65. The molecule has 0 fully saturated rings. The van der Waals surface area contributed by atoms with Gasteiger partial charge in [-0.05, 0) is 30.6 Å². The molecule has 0 aliphatic heterocycles. The summed E-state index contributed by atoms with van der Waals surface area (Å²) in [7, 11) is 0. The second kappa shape index (κ2) is 10.5. The molecule has 0 spiro atoms. The molecule has 0 saturated heterocycles. The van der Waals surface area contributed by atoms with Crippen molar-refractivity contribution in [2.75, 3.05) is 0 Å². The number of rotatable bonds is 11. The summed E-state index contributed by atoms with van der Waals surface area (Å²) < 4.78 is 0. The summed E-state index contributed by atoms with van der Waals surface area (Å²) in [4.78, 5) is 11.7. The van der Waals surface area contributed by atoms with Crippen molar-refractivity contribution in [3.63, 3.8) is 0 Å². The highest BCUT2D eigenvalue weighted by Crippen LogP contribution is 2.22. The lowest BCUT2D eigenvalue weighted by molar-refractivity contribution is -0.119. The van der Waals surface area contributed by atoms with E-state index in [1.54, 1.807) is 0 Å². The maximum Gasteiger partial charge on any atom is 0.132 e. The molecule has 0 unspecified atom stereocenters. The van der Waals surface area contributed by atoms with Crippen LogP contribution in [0.25, 0.3) is 0 Å². The summed E-state index contributed by atoms with van der Waals surface area (Å²) in [5.74, 6) is 1.29. The maximum atomic E-state index is 11.7. The van der Waals surface area contributed by atoms with Crippen LogP contribution in [0.1, 0.15) is 98.8 Å². The first kappa shape index (κ1) is 18.7.